The standard InChI is InChI=1S/C23H30N5O4/c1-15-14-31-12-11-28(15)21-18-13-27(22(29)32-23(2,3)4)10-9-19(18)24-20(25-21)16-5-7-17(26-30)8-6-16/h5-8,15,26H,9-14H2,1-4H3/q-1/t15-/m0/s1. The van der Waals surface area contributed by atoms with Crippen molar-refractivity contribution in [1.82, 2.24) is 14.9 Å². The Hall–Kier alpha value is -2.91. The highest BCUT2D eigenvalue weighted by molar-refractivity contribution is 5.70. The van der Waals surface area contributed by atoms with Crippen LogP contribution in [0.15, 0.2) is 24.3 Å². The van der Waals surface area contributed by atoms with Crippen LogP contribution in [-0.2, 0) is 22.4 Å². The van der Waals surface area contributed by atoms with Crippen LogP contribution in [0.5, 0.6) is 0 Å². The average Bonchev–Trinajstić information content (AvgIpc) is 2.77. The molecule has 2 aliphatic heterocycles. The number of nitrogens with zero attached hydrogens (tertiary/aromatic N) is 4. The van der Waals surface area contributed by atoms with E-state index >= 15 is 0 Å². The Morgan fingerprint density at radius 1 is 1.22 bits per heavy atom. The second-order valence-electron chi connectivity index (χ2n) is 9.24. The van der Waals surface area contributed by atoms with Gasteiger partial charge in [0.2, 0.25) is 0 Å². The predicted molar refractivity (Wildman–Crippen MR) is 122 cm³/mol. The first kappa shape index (κ1) is 22.3. The van der Waals surface area contributed by atoms with Gasteiger partial charge in [-0.05, 0) is 52.0 Å². The molecular weight excluding hydrogens is 410 g/mol. The van der Waals surface area contributed by atoms with Gasteiger partial charge in [0.25, 0.3) is 0 Å². The molecule has 1 aromatic carbocycles. The molecule has 32 heavy (non-hydrogen) atoms. The first-order valence-electron chi connectivity index (χ1n) is 11.0. The van der Waals surface area contributed by atoms with Gasteiger partial charge in [-0.25, -0.2) is 14.8 Å². The Balaban J connectivity index is 1.72. The fourth-order valence-corrected chi connectivity index (χ4v) is 3.97. The molecular formula is C23H30N5O4-. The molecule has 1 amide bonds. The van der Waals surface area contributed by atoms with E-state index in [0.29, 0.717) is 44.2 Å². The monoisotopic (exact) mass is 440 g/mol. The molecule has 0 aliphatic carbocycles. The average molecular weight is 441 g/mol. The fourth-order valence-electron chi connectivity index (χ4n) is 3.97. The third kappa shape index (κ3) is 4.78. The SMILES string of the molecule is C[C@H]1COCCN1c1nc(-c2ccc(N[O-])cc2)nc2c1CN(C(=O)OC(C)(C)C)CC2. The lowest BCUT2D eigenvalue weighted by atomic mass is 10.0. The summed E-state index contributed by atoms with van der Waals surface area (Å²) in [6.07, 6.45) is 0.296. The molecule has 9 nitrogen and oxygen atoms in total. The maximum Gasteiger partial charge on any atom is 0.410 e. The van der Waals surface area contributed by atoms with E-state index in [9.17, 15) is 10.0 Å². The number of hydrogen-bond acceptors (Lipinski definition) is 8. The van der Waals surface area contributed by atoms with Crippen LogP contribution in [0.4, 0.5) is 16.3 Å². The Morgan fingerprint density at radius 3 is 2.62 bits per heavy atom. The summed E-state index contributed by atoms with van der Waals surface area (Å²) >= 11 is 0. The number of aromatic nitrogens is 2. The lowest BCUT2D eigenvalue weighted by Crippen LogP contribution is -2.46. The molecule has 0 unspecified atom stereocenters. The number of anilines is 2. The summed E-state index contributed by atoms with van der Waals surface area (Å²) in [5.74, 6) is 1.45. The minimum atomic E-state index is -0.551. The van der Waals surface area contributed by atoms with Gasteiger partial charge in [0.05, 0.1) is 31.5 Å². The quantitative estimate of drug-likeness (QED) is 0.723. The molecule has 1 atom stereocenters. The summed E-state index contributed by atoms with van der Waals surface area (Å²) < 4.78 is 11.2. The van der Waals surface area contributed by atoms with Gasteiger partial charge in [0, 0.05) is 36.3 Å². The van der Waals surface area contributed by atoms with Crippen molar-refractivity contribution in [2.24, 2.45) is 0 Å². The molecule has 2 aromatic rings. The maximum absolute atomic E-state index is 12.7. The minimum absolute atomic E-state index is 0.152. The van der Waals surface area contributed by atoms with E-state index in [1.807, 2.05) is 38.4 Å². The molecule has 1 aromatic heterocycles. The van der Waals surface area contributed by atoms with E-state index in [0.717, 1.165) is 29.2 Å². The second-order valence-corrected chi connectivity index (χ2v) is 9.24. The van der Waals surface area contributed by atoms with Crippen LogP contribution in [0.2, 0.25) is 0 Å². The van der Waals surface area contributed by atoms with E-state index in [-0.39, 0.29) is 12.1 Å². The molecule has 1 N–H and O–H groups in total. The third-order valence-electron chi connectivity index (χ3n) is 5.59. The Labute approximate surface area is 188 Å². The number of benzene rings is 1. The molecule has 0 saturated carbocycles. The van der Waals surface area contributed by atoms with E-state index in [1.54, 1.807) is 17.0 Å². The molecule has 3 heterocycles. The van der Waals surface area contributed by atoms with Crippen LogP contribution in [0.3, 0.4) is 0 Å². The summed E-state index contributed by atoms with van der Waals surface area (Å²) in [7, 11) is 0. The number of ether oxygens (including phenoxy) is 2. The molecule has 0 radical (unpaired) electrons. The zero-order chi connectivity index (χ0) is 22.9. The lowest BCUT2D eigenvalue weighted by Gasteiger charge is -2.38. The van der Waals surface area contributed by atoms with Gasteiger partial charge in [-0.15, -0.1) is 0 Å². The van der Waals surface area contributed by atoms with Gasteiger partial charge < -0.3 is 30.0 Å². The first-order chi connectivity index (χ1) is 15.2. The van der Waals surface area contributed by atoms with Gasteiger partial charge in [-0.1, -0.05) is 0 Å². The molecule has 9 heteroatoms. The molecule has 0 spiro atoms. The minimum Gasteiger partial charge on any atom is -0.761 e. The van der Waals surface area contributed by atoms with Crippen molar-refractivity contribution in [2.75, 3.05) is 36.7 Å². The van der Waals surface area contributed by atoms with Crippen molar-refractivity contribution in [3.63, 3.8) is 0 Å². The smallest absolute Gasteiger partial charge is 0.410 e. The normalized spacial score (nSPS) is 18.8. The number of nitrogens with one attached hydrogen (secondary N) is 1. The van der Waals surface area contributed by atoms with E-state index in [1.165, 1.54) is 0 Å². The highest BCUT2D eigenvalue weighted by Crippen LogP contribution is 2.32. The molecule has 0 bridgehead atoms. The summed E-state index contributed by atoms with van der Waals surface area (Å²) in [4.78, 5) is 26.5. The van der Waals surface area contributed by atoms with Crippen molar-refractivity contribution >= 4 is 17.6 Å². The highest BCUT2D eigenvalue weighted by Gasteiger charge is 2.32. The Kier molecular flexibility index (Phi) is 6.21. The van der Waals surface area contributed by atoms with E-state index in [4.69, 9.17) is 19.4 Å². The predicted octanol–water partition coefficient (Wildman–Crippen LogP) is 3.57. The molecule has 1 saturated heterocycles. The zero-order valence-electron chi connectivity index (χ0n) is 19.1. The summed E-state index contributed by atoms with van der Waals surface area (Å²) in [5, 5.41) is 10.9. The largest absolute Gasteiger partial charge is 0.761 e. The highest BCUT2D eigenvalue weighted by atomic mass is 16.6. The summed E-state index contributed by atoms with van der Waals surface area (Å²) in [6.45, 7) is 10.6. The molecule has 1 fully saturated rings. The van der Waals surface area contributed by atoms with E-state index < -0.39 is 5.60 Å². The van der Waals surface area contributed by atoms with Crippen molar-refractivity contribution < 1.29 is 14.3 Å². The fraction of sp³-hybridized carbons (Fsp3) is 0.522. The third-order valence-corrected chi connectivity index (χ3v) is 5.59. The molecule has 4 rings (SSSR count). The summed E-state index contributed by atoms with van der Waals surface area (Å²) in [5.41, 5.74) is 4.56. The number of carbonyl (C=O) groups is 1. The van der Waals surface area contributed by atoms with Crippen molar-refractivity contribution in [3.8, 4) is 11.4 Å². The number of fused-ring (bicyclic) bond motifs is 1. The molecule has 172 valence electrons. The number of amides is 1. The topological polar surface area (TPSA) is 103 Å². The van der Waals surface area contributed by atoms with Gasteiger partial charge in [0.15, 0.2) is 5.82 Å². The van der Waals surface area contributed by atoms with Crippen LogP contribution >= 0.6 is 0 Å². The number of morpholine rings is 1. The van der Waals surface area contributed by atoms with Crippen molar-refractivity contribution in [2.45, 2.75) is 52.3 Å². The van der Waals surface area contributed by atoms with Crippen LogP contribution in [0.1, 0.15) is 39.0 Å². The Bertz CT molecular complexity index is 974. The number of carbonyl (C=O) groups excluding carboxylic acids is 1. The van der Waals surface area contributed by atoms with Crippen LogP contribution in [0, 0.1) is 5.21 Å². The van der Waals surface area contributed by atoms with Crippen LogP contribution in [0.25, 0.3) is 11.4 Å². The van der Waals surface area contributed by atoms with Gasteiger partial charge in [-0.3, -0.25) is 0 Å². The molecule has 2 aliphatic rings. The van der Waals surface area contributed by atoms with Crippen LogP contribution < -0.4 is 10.4 Å². The van der Waals surface area contributed by atoms with Crippen molar-refractivity contribution in [3.05, 3.63) is 40.7 Å². The number of rotatable bonds is 3. The van der Waals surface area contributed by atoms with Gasteiger partial charge in [-0.2, -0.15) is 0 Å². The summed E-state index contributed by atoms with van der Waals surface area (Å²) in [6, 6.07) is 7.26. The second kappa shape index (κ2) is 8.91. The van der Waals surface area contributed by atoms with Gasteiger partial charge >= 0.3 is 6.09 Å². The van der Waals surface area contributed by atoms with E-state index in [2.05, 4.69) is 11.8 Å². The van der Waals surface area contributed by atoms with Crippen LogP contribution in [-0.4, -0.2) is 58.9 Å². The van der Waals surface area contributed by atoms with Crippen molar-refractivity contribution in [1.29, 1.82) is 0 Å². The number of hydrogen-bond donors (Lipinski definition) is 1. The Morgan fingerprint density at radius 2 is 1.97 bits per heavy atom. The van der Waals surface area contributed by atoms with Gasteiger partial charge in [0.1, 0.15) is 11.4 Å². The first-order valence-corrected chi connectivity index (χ1v) is 11.0. The zero-order valence-corrected chi connectivity index (χ0v) is 19.1. The lowest BCUT2D eigenvalue weighted by molar-refractivity contribution is 0.0222. The maximum atomic E-state index is 12.7.